The zero-order chi connectivity index (χ0) is 10.8. The van der Waals surface area contributed by atoms with E-state index in [4.69, 9.17) is 0 Å². The zero-order valence-corrected chi connectivity index (χ0v) is 10.0. The van der Waals surface area contributed by atoms with E-state index in [0.717, 1.165) is 44.2 Å². The Kier molecular flexibility index (Phi) is 3.45. The van der Waals surface area contributed by atoms with Gasteiger partial charge in [-0.15, -0.1) is 0 Å². The van der Waals surface area contributed by atoms with Crippen LogP contribution in [-0.4, -0.2) is 29.8 Å². The molecule has 3 atom stereocenters. The third kappa shape index (κ3) is 2.60. The van der Waals surface area contributed by atoms with Gasteiger partial charge in [-0.1, -0.05) is 20.3 Å². The second-order valence-electron chi connectivity index (χ2n) is 5.63. The van der Waals surface area contributed by atoms with Crippen molar-refractivity contribution in [2.45, 2.75) is 52.0 Å². The summed E-state index contributed by atoms with van der Waals surface area (Å²) in [5, 5.41) is 0. The van der Waals surface area contributed by atoms with Gasteiger partial charge in [0.05, 0.1) is 6.04 Å². The molecule has 0 amide bonds. The number of ketones is 1. The van der Waals surface area contributed by atoms with Gasteiger partial charge in [0.2, 0.25) is 0 Å². The van der Waals surface area contributed by atoms with E-state index >= 15 is 0 Å². The van der Waals surface area contributed by atoms with Crippen LogP contribution >= 0.6 is 0 Å². The Morgan fingerprint density at radius 2 is 1.80 bits per heavy atom. The Labute approximate surface area is 93.0 Å². The molecule has 2 heteroatoms. The number of hydrogen-bond donors (Lipinski definition) is 0. The quantitative estimate of drug-likeness (QED) is 0.661. The van der Waals surface area contributed by atoms with Crippen LogP contribution in [0.3, 0.4) is 0 Å². The number of rotatable bonds is 1. The fourth-order valence-corrected chi connectivity index (χ4v) is 3.32. The molecule has 86 valence electrons. The van der Waals surface area contributed by atoms with Gasteiger partial charge in [-0.2, -0.15) is 0 Å². The molecule has 1 saturated heterocycles. The largest absolute Gasteiger partial charge is 0.298 e. The average molecular weight is 209 g/mol. The molecule has 1 saturated carbocycles. The predicted octanol–water partition coefficient (Wildman–Crippen LogP) is 2.48. The third-order valence-electron chi connectivity index (χ3n) is 3.86. The van der Waals surface area contributed by atoms with Crippen LogP contribution in [0.2, 0.25) is 0 Å². The summed E-state index contributed by atoms with van der Waals surface area (Å²) in [7, 11) is 0. The average Bonchev–Trinajstić information content (AvgIpc) is 2.16. The number of carbonyl (C=O) groups is 1. The first-order chi connectivity index (χ1) is 7.16. The molecular weight excluding hydrogens is 186 g/mol. The molecule has 0 N–H and O–H groups in total. The van der Waals surface area contributed by atoms with Crippen LogP contribution < -0.4 is 0 Å². The van der Waals surface area contributed by atoms with Crippen molar-refractivity contribution in [2.24, 2.45) is 11.8 Å². The van der Waals surface area contributed by atoms with Crippen LogP contribution in [0.4, 0.5) is 0 Å². The molecule has 1 heterocycles. The van der Waals surface area contributed by atoms with Crippen molar-refractivity contribution < 1.29 is 4.79 Å². The van der Waals surface area contributed by atoms with Crippen LogP contribution in [0.1, 0.15) is 46.0 Å². The van der Waals surface area contributed by atoms with Crippen molar-refractivity contribution >= 4 is 5.78 Å². The van der Waals surface area contributed by atoms with Crippen LogP contribution in [0.25, 0.3) is 0 Å². The first-order valence-electron chi connectivity index (χ1n) is 6.43. The van der Waals surface area contributed by atoms with Gasteiger partial charge in [0.25, 0.3) is 0 Å². The number of nitrogens with zero attached hydrogens (tertiary/aromatic N) is 1. The second-order valence-corrected chi connectivity index (χ2v) is 5.63. The Morgan fingerprint density at radius 1 is 1.13 bits per heavy atom. The van der Waals surface area contributed by atoms with Crippen molar-refractivity contribution in [3.63, 3.8) is 0 Å². The fourth-order valence-electron chi connectivity index (χ4n) is 3.32. The molecule has 0 spiro atoms. The van der Waals surface area contributed by atoms with Crippen LogP contribution in [0.15, 0.2) is 0 Å². The molecule has 0 unspecified atom stereocenters. The first kappa shape index (κ1) is 11.1. The number of hydrogen-bond acceptors (Lipinski definition) is 2. The summed E-state index contributed by atoms with van der Waals surface area (Å²) < 4.78 is 0. The molecule has 15 heavy (non-hydrogen) atoms. The lowest BCUT2D eigenvalue weighted by atomic mass is 9.86. The lowest BCUT2D eigenvalue weighted by Gasteiger charge is -2.40. The van der Waals surface area contributed by atoms with Crippen LogP contribution in [0.5, 0.6) is 0 Å². The predicted molar refractivity (Wildman–Crippen MR) is 61.8 cm³/mol. The summed E-state index contributed by atoms with van der Waals surface area (Å²) in [6, 6.07) is 0.268. The maximum absolute atomic E-state index is 11.9. The van der Waals surface area contributed by atoms with E-state index in [-0.39, 0.29) is 6.04 Å². The number of likely N-dealkylation sites (tertiary alicyclic amines) is 1. The third-order valence-corrected chi connectivity index (χ3v) is 3.86. The molecule has 1 aliphatic carbocycles. The standard InChI is InChI=1S/C13H23NO/c1-10-7-11(2)9-14(8-10)12-5-3-4-6-13(12)15/h10-12H,3-9H2,1-2H3/t10-,11+,12-/m1/s1. The smallest absolute Gasteiger partial charge is 0.149 e. The lowest BCUT2D eigenvalue weighted by Crippen LogP contribution is -2.49. The summed E-state index contributed by atoms with van der Waals surface area (Å²) in [6.07, 6.45) is 5.63. The molecule has 0 aromatic carbocycles. The highest BCUT2D eigenvalue weighted by molar-refractivity contribution is 5.84. The Bertz CT molecular complexity index is 229. The van der Waals surface area contributed by atoms with Gasteiger partial charge in [-0.05, 0) is 31.1 Å². The normalized spacial score (nSPS) is 39.3. The van der Waals surface area contributed by atoms with E-state index in [0.29, 0.717) is 5.78 Å². The molecule has 0 aromatic rings. The molecule has 2 aliphatic rings. The Morgan fingerprint density at radius 3 is 2.40 bits per heavy atom. The highest BCUT2D eigenvalue weighted by atomic mass is 16.1. The molecular formula is C13H23NO. The van der Waals surface area contributed by atoms with Crippen molar-refractivity contribution in [1.82, 2.24) is 4.90 Å². The minimum absolute atomic E-state index is 0.268. The van der Waals surface area contributed by atoms with Gasteiger partial charge in [-0.25, -0.2) is 0 Å². The summed E-state index contributed by atoms with van der Waals surface area (Å²) in [4.78, 5) is 14.3. The van der Waals surface area contributed by atoms with Crippen LogP contribution in [0, 0.1) is 11.8 Å². The topological polar surface area (TPSA) is 20.3 Å². The van der Waals surface area contributed by atoms with E-state index in [1.807, 2.05) is 0 Å². The summed E-state index contributed by atoms with van der Waals surface area (Å²) >= 11 is 0. The minimum Gasteiger partial charge on any atom is -0.298 e. The van der Waals surface area contributed by atoms with Crippen molar-refractivity contribution in [1.29, 1.82) is 0 Å². The number of carbonyl (C=O) groups excluding carboxylic acids is 1. The van der Waals surface area contributed by atoms with E-state index < -0.39 is 0 Å². The molecule has 2 rings (SSSR count). The molecule has 0 aromatic heterocycles. The SMILES string of the molecule is C[C@@H]1C[C@H](C)CN([C@@H]2CCCCC2=O)C1. The van der Waals surface area contributed by atoms with Crippen LogP contribution in [-0.2, 0) is 4.79 Å². The summed E-state index contributed by atoms with van der Waals surface area (Å²) in [5.41, 5.74) is 0. The van der Waals surface area contributed by atoms with Crippen molar-refractivity contribution in [3.8, 4) is 0 Å². The monoisotopic (exact) mass is 209 g/mol. The van der Waals surface area contributed by atoms with Crippen molar-refractivity contribution in [3.05, 3.63) is 0 Å². The summed E-state index contributed by atoms with van der Waals surface area (Å²) in [5.74, 6) is 2.04. The molecule has 1 aliphatic heterocycles. The number of Topliss-reactive ketones (excluding diaryl/α,β-unsaturated/α-hetero) is 1. The minimum atomic E-state index is 0.268. The van der Waals surface area contributed by atoms with E-state index in [9.17, 15) is 4.79 Å². The zero-order valence-electron chi connectivity index (χ0n) is 10.0. The highest BCUT2D eigenvalue weighted by Gasteiger charge is 2.32. The Hall–Kier alpha value is -0.370. The second kappa shape index (κ2) is 4.65. The van der Waals surface area contributed by atoms with Crippen molar-refractivity contribution in [2.75, 3.05) is 13.1 Å². The molecule has 2 nitrogen and oxygen atoms in total. The molecule has 2 fully saturated rings. The van der Waals surface area contributed by atoms with E-state index in [1.54, 1.807) is 0 Å². The van der Waals surface area contributed by atoms with Gasteiger partial charge in [0.15, 0.2) is 0 Å². The van der Waals surface area contributed by atoms with Gasteiger partial charge < -0.3 is 0 Å². The molecule has 0 bridgehead atoms. The lowest BCUT2D eigenvalue weighted by molar-refractivity contribution is -0.127. The van der Waals surface area contributed by atoms with E-state index in [2.05, 4.69) is 18.7 Å². The summed E-state index contributed by atoms with van der Waals surface area (Å²) in [6.45, 7) is 6.91. The number of piperidine rings is 1. The maximum Gasteiger partial charge on any atom is 0.149 e. The maximum atomic E-state index is 11.9. The van der Waals surface area contributed by atoms with E-state index in [1.165, 1.54) is 12.8 Å². The highest BCUT2D eigenvalue weighted by Crippen LogP contribution is 2.27. The van der Waals surface area contributed by atoms with Gasteiger partial charge >= 0.3 is 0 Å². The van der Waals surface area contributed by atoms with Gasteiger partial charge in [-0.3, -0.25) is 9.69 Å². The van der Waals surface area contributed by atoms with Gasteiger partial charge in [0.1, 0.15) is 5.78 Å². The Balaban J connectivity index is 1.99. The fraction of sp³-hybridized carbons (Fsp3) is 0.923. The van der Waals surface area contributed by atoms with Gasteiger partial charge in [0, 0.05) is 19.5 Å². The molecule has 0 radical (unpaired) electrons. The first-order valence-corrected chi connectivity index (χ1v) is 6.43.